The molecule has 1 heterocycles. The summed E-state index contributed by atoms with van der Waals surface area (Å²) < 4.78 is 49.4. The largest absolute Gasteiger partial charge is 0.496 e. The average molecular weight is 389 g/mol. The molecule has 1 aliphatic rings. The fourth-order valence-corrected chi connectivity index (χ4v) is 4.16. The lowest BCUT2D eigenvalue weighted by molar-refractivity contribution is -0.252. The third-order valence-electron chi connectivity index (χ3n) is 5.33. The second-order valence-corrected chi connectivity index (χ2v) is 7.07. The van der Waals surface area contributed by atoms with Gasteiger partial charge in [-0.15, -0.1) is 0 Å². The van der Waals surface area contributed by atoms with Crippen molar-refractivity contribution >= 4 is 0 Å². The Morgan fingerprint density at radius 2 is 1.79 bits per heavy atom. The summed E-state index contributed by atoms with van der Waals surface area (Å²) in [6.07, 6.45) is -4.62. The number of hydrogen-bond acceptors (Lipinski definition) is 4. The molecule has 7 heteroatoms. The molecular formula is C21H22F3N3O. The van der Waals surface area contributed by atoms with Gasteiger partial charge in [-0.3, -0.25) is 10.2 Å². The first-order valence-corrected chi connectivity index (χ1v) is 8.86. The number of alkyl halides is 3. The number of nitriles is 1. The van der Waals surface area contributed by atoms with Gasteiger partial charge in [0.25, 0.3) is 0 Å². The highest BCUT2D eigenvalue weighted by molar-refractivity contribution is 5.49. The number of halogens is 3. The summed E-state index contributed by atoms with van der Waals surface area (Å²) in [5.41, 5.74) is 0.905. The van der Waals surface area contributed by atoms with Gasteiger partial charge in [-0.1, -0.05) is 12.1 Å². The molecule has 0 fully saturated rings. The van der Waals surface area contributed by atoms with Crippen LogP contribution in [-0.2, 0) is 18.8 Å². The van der Waals surface area contributed by atoms with E-state index >= 15 is 0 Å². The Bertz CT molecular complexity index is 949. The number of nitrogens with zero attached hydrogens (tertiary/aromatic N) is 2. The number of hydrogen-bond donors (Lipinski definition) is 1. The molecule has 3 rings (SSSR count). The van der Waals surface area contributed by atoms with E-state index in [1.807, 2.05) is 13.0 Å². The Morgan fingerprint density at radius 1 is 1.11 bits per heavy atom. The minimum Gasteiger partial charge on any atom is -0.496 e. The molecule has 0 aliphatic carbocycles. The van der Waals surface area contributed by atoms with Crippen LogP contribution in [0, 0.1) is 25.2 Å². The molecule has 0 radical (unpaired) electrons. The van der Waals surface area contributed by atoms with Crippen molar-refractivity contribution in [3.63, 3.8) is 0 Å². The lowest BCUT2D eigenvalue weighted by Gasteiger charge is -2.44. The van der Waals surface area contributed by atoms with Crippen molar-refractivity contribution < 1.29 is 17.9 Å². The molecule has 0 saturated heterocycles. The third-order valence-corrected chi connectivity index (χ3v) is 5.33. The third kappa shape index (κ3) is 3.03. The average Bonchev–Trinajstić information content (AvgIpc) is 3.05. The molecule has 0 saturated carbocycles. The number of aryl methyl sites for hydroxylation is 2. The van der Waals surface area contributed by atoms with Gasteiger partial charge >= 0.3 is 6.18 Å². The van der Waals surface area contributed by atoms with Gasteiger partial charge < -0.3 is 4.74 Å². The van der Waals surface area contributed by atoms with E-state index in [9.17, 15) is 13.2 Å². The predicted molar refractivity (Wildman–Crippen MR) is 99.7 cm³/mol. The summed E-state index contributed by atoms with van der Waals surface area (Å²) >= 11 is 0. The summed E-state index contributed by atoms with van der Waals surface area (Å²) in [6, 6.07) is 10.4. The van der Waals surface area contributed by atoms with E-state index in [2.05, 4.69) is 5.32 Å². The zero-order valence-electron chi connectivity index (χ0n) is 16.2. The highest BCUT2D eigenvalue weighted by Crippen LogP contribution is 2.49. The van der Waals surface area contributed by atoms with Crippen LogP contribution in [0.15, 0.2) is 30.3 Å². The minimum atomic E-state index is -4.62. The van der Waals surface area contributed by atoms with Gasteiger partial charge in [-0.25, -0.2) is 0 Å². The maximum absolute atomic E-state index is 14.7. The van der Waals surface area contributed by atoms with Crippen LogP contribution in [0.3, 0.4) is 0 Å². The second-order valence-electron chi connectivity index (χ2n) is 7.07. The van der Waals surface area contributed by atoms with Crippen LogP contribution in [0.4, 0.5) is 13.2 Å². The molecule has 1 unspecified atom stereocenters. The first-order chi connectivity index (χ1) is 13.2. The number of fused-ring (bicyclic) bond motifs is 1. The smallest absolute Gasteiger partial charge is 0.424 e. The first kappa shape index (κ1) is 20.2. The van der Waals surface area contributed by atoms with E-state index in [0.717, 1.165) is 16.7 Å². The van der Waals surface area contributed by atoms with Crippen LogP contribution in [0.1, 0.15) is 33.4 Å². The van der Waals surface area contributed by atoms with Crippen molar-refractivity contribution in [1.29, 1.82) is 5.26 Å². The lowest BCUT2D eigenvalue weighted by atomic mass is 9.90. The van der Waals surface area contributed by atoms with E-state index in [-0.39, 0.29) is 24.4 Å². The molecular weight excluding hydrogens is 367 g/mol. The lowest BCUT2D eigenvalue weighted by Crippen LogP contribution is -2.62. The SMILES string of the molecule is CNC(c1c(C)cc(C)cc1OC)(N1Cc2ccc(C#N)cc2C1)C(F)(F)F. The molecule has 0 spiro atoms. The van der Waals surface area contributed by atoms with Crippen LogP contribution in [-0.4, -0.2) is 25.2 Å². The van der Waals surface area contributed by atoms with E-state index in [1.165, 1.54) is 19.1 Å². The number of methoxy groups -OCH3 is 1. The molecule has 28 heavy (non-hydrogen) atoms. The van der Waals surface area contributed by atoms with E-state index in [4.69, 9.17) is 10.00 Å². The van der Waals surface area contributed by atoms with Crippen molar-refractivity contribution in [1.82, 2.24) is 10.2 Å². The van der Waals surface area contributed by atoms with Gasteiger partial charge in [0.2, 0.25) is 0 Å². The summed E-state index contributed by atoms with van der Waals surface area (Å²) in [7, 11) is 2.70. The van der Waals surface area contributed by atoms with Crippen molar-refractivity contribution in [2.75, 3.05) is 14.2 Å². The highest BCUT2D eigenvalue weighted by Gasteiger charge is 2.61. The van der Waals surface area contributed by atoms with Crippen LogP contribution in [0.25, 0.3) is 0 Å². The molecule has 1 aliphatic heterocycles. The van der Waals surface area contributed by atoms with Crippen LogP contribution in [0.2, 0.25) is 0 Å². The predicted octanol–water partition coefficient (Wildman–Crippen LogP) is 4.13. The number of ether oxygens (including phenoxy) is 1. The number of benzene rings is 2. The van der Waals surface area contributed by atoms with Crippen molar-refractivity contribution in [3.8, 4) is 11.8 Å². The van der Waals surface area contributed by atoms with E-state index in [0.29, 0.717) is 11.1 Å². The maximum atomic E-state index is 14.7. The van der Waals surface area contributed by atoms with E-state index < -0.39 is 11.8 Å². The molecule has 1 N–H and O–H groups in total. The molecule has 0 amide bonds. The highest BCUT2D eigenvalue weighted by atomic mass is 19.4. The topological polar surface area (TPSA) is 48.3 Å². The Labute approximate surface area is 162 Å². The fourth-order valence-electron chi connectivity index (χ4n) is 4.16. The van der Waals surface area contributed by atoms with Crippen LogP contribution in [0.5, 0.6) is 5.75 Å². The Hall–Kier alpha value is -2.56. The normalized spacial score (nSPS) is 16.4. The minimum absolute atomic E-state index is 0.0592. The van der Waals surface area contributed by atoms with Crippen molar-refractivity contribution in [3.05, 3.63) is 63.7 Å². The molecule has 0 bridgehead atoms. The zero-order valence-corrected chi connectivity index (χ0v) is 16.2. The summed E-state index contributed by atoms with van der Waals surface area (Å²) in [5, 5.41) is 11.7. The molecule has 1 atom stereocenters. The number of nitrogens with one attached hydrogen (secondary N) is 1. The molecule has 2 aromatic rings. The summed E-state index contributed by atoms with van der Waals surface area (Å²) in [6.45, 7) is 3.67. The molecule has 2 aromatic carbocycles. The van der Waals surface area contributed by atoms with Gasteiger partial charge in [-0.05, 0) is 61.3 Å². The van der Waals surface area contributed by atoms with Gasteiger partial charge in [0.1, 0.15) is 5.75 Å². The van der Waals surface area contributed by atoms with Gasteiger partial charge in [-0.2, -0.15) is 18.4 Å². The molecule has 148 valence electrons. The van der Waals surface area contributed by atoms with E-state index in [1.54, 1.807) is 37.3 Å². The maximum Gasteiger partial charge on any atom is 0.424 e. The van der Waals surface area contributed by atoms with Gasteiger partial charge in [0.15, 0.2) is 5.66 Å². The zero-order chi connectivity index (χ0) is 20.7. The van der Waals surface area contributed by atoms with Crippen molar-refractivity contribution in [2.45, 2.75) is 38.8 Å². The summed E-state index contributed by atoms with van der Waals surface area (Å²) in [4.78, 5) is 1.36. The first-order valence-electron chi connectivity index (χ1n) is 8.86. The van der Waals surface area contributed by atoms with Gasteiger partial charge in [0.05, 0.1) is 18.7 Å². The van der Waals surface area contributed by atoms with Crippen molar-refractivity contribution in [2.24, 2.45) is 0 Å². The van der Waals surface area contributed by atoms with Crippen LogP contribution >= 0.6 is 0 Å². The molecule has 4 nitrogen and oxygen atoms in total. The monoisotopic (exact) mass is 389 g/mol. The molecule has 0 aromatic heterocycles. The Balaban J connectivity index is 2.21. The second kappa shape index (κ2) is 7.12. The van der Waals surface area contributed by atoms with Gasteiger partial charge in [0, 0.05) is 18.7 Å². The summed E-state index contributed by atoms with van der Waals surface area (Å²) in [5.74, 6) is 0.192. The quantitative estimate of drug-likeness (QED) is 0.854. The Kier molecular flexibility index (Phi) is 5.13. The van der Waals surface area contributed by atoms with Crippen LogP contribution < -0.4 is 10.1 Å². The fraction of sp³-hybridized carbons (Fsp3) is 0.381. The number of rotatable bonds is 4. The Morgan fingerprint density at radius 3 is 2.36 bits per heavy atom. The standard InChI is InChI=1S/C21H22F3N3O/c1-13-7-14(2)19(18(8-13)28-4)20(26-3,21(22,23)24)27-11-16-6-5-15(10-25)9-17(16)12-27/h5-9,26H,11-12H2,1-4H3.